The number of unbranched alkanes of at least 4 members (excludes halogenated alkanes) is 1. The molecule has 2 atom stereocenters. The molecule has 2 fully saturated rings. The summed E-state index contributed by atoms with van der Waals surface area (Å²) in [6.07, 6.45) is 10.5. The first kappa shape index (κ1) is 17.8. The summed E-state index contributed by atoms with van der Waals surface area (Å²) in [5, 5.41) is 2.35. The van der Waals surface area contributed by atoms with Gasteiger partial charge in [-0.2, -0.15) is 0 Å². The van der Waals surface area contributed by atoms with Crippen LogP contribution in [0.25, 0.3) is 0 Å². The molecule has 0 spiro atoms. The van der Waals surface area contributed by atoms with E-state index in [-0.39, 0.29) is 11.8 Å². The van der Waals surface area contributed by atoms with Crippen molar-refractivity contribution >= 4 is 0 Å². The van der Waals surface area contributed by atoms with Crippen LogP contribution in [0.5, 0.6) is 0 Å². The molecule has 2 aliphatic rings. The van der Waals surface area contributed by atoms with E-state index in [1.165, 1.54) is 56.1 Å². The average molecular weight is 350 g/mol. The summed E-state index contributed by atoms with van der Waals surface area (Å²) in [6, 6.07) is 22.0. The minimum atomic E-state index is -0.166. The maximum Gasteiger partial charge on any atom is 0.158 e. The first-order valence-corrected chi connectivity index (χ1v) is 10.4. The van der Waals surface area contributed by atoms with Crippen LogP contribution in [0, 0.1) is 5.92 Å². The Balaban J connectivity index is 1.73. The molecular weight excluding hydrogens is 318 g/mol. The van der Waals surface area contributed by atoms with Gasteiger partial charge < -0.3 is 0 Å². The highest BCUT2D eigenvalue weighted by Gasteiger charge is 2.56. The lowest BCUT2D eigenvalue weighted by atomic mass is 9.78. The molecule has 2 aromatic carbocycles. The largest absolute Gasteiger partial charge is 0.274 e. The molecule has 0 aromatic heterocycles. The number of hydrogen-bond donors (Lipinski definition) is 0. The van der Waals surface area contributed by atoms with Crippen LogP contribution in [0.1, 0.15) is 69.4 Å². The van der Waals surface area contributed by atoms with E-state index < -0.39 is 0 Å². The van der Waals surface area contributed by atoms with E-state index in [1.807, 2.05) is 0 Å². The van der Waals surface area contributed by atoms with Crippen molar-refractivity contribution < 1.29 is 4.84 Å². The number of nitrogens with zero attached hydrogens (tertiary/aromatic N) is 1. The lowest BCUT2D eigenvalue weighted by Crippen LogP contribution is -2.38. The quantitative estimate of drug-likeness (QED) is 0.547. The molecule has 0 radical (unpaired) electrons. The molecule has 1 saturated carbocycles. The van der Waals surface area contributed by atoms with Crippen molar-refractivity contribution in [3.8, 4) is 0 Å². The summed E-state index contributed by atoms with van der Waals surface area (Å²) in [6.45, 7) is 2.28. The second kappa shape index (κ2) is 7.94. The maximum atomic E-state index is 6.36. The third kappa shape index (κ3) is 3.33. The Labute approximate surface area is 158 Å². The van der Waals surface area contributed by atoms with E-state index in [9.17, 15) is 0 Å². The smallest absolute Gasteiger partial charge is 0.158 e. The van der Waals surface area contributed by atoms with Gasteiger partial charge in [0.25, 0.3) is 0 Å². The molecule has 2 heteroatoms. The van der Waals surface area contributed by atoms with Crippen LogP contribution < -0.4 is 0 Å². The third-order valence-electron chi connectivity index (χ3n) is 6.23. The van der Waals surface area contributed by atoms with Crippen LogP contribution in [-0.4, -0.2) is 11.3 Å². The maximum absolute atomic E-state index is 6.36. The van der Waals surface area contributed by atoms with Gasteiger partial charge in [-0.3, -0.25) is 4.84 Å². The molecule has 4 rings (SSSR count). The molecule has 1 heterocycles. The first-order chi connectivity index (χ1) is 12.9. The van der Waals surface area contributed by atoms with Crippen LogP contribution in [0.2, 0.25) is 0 Å². The van der Waals surface area contributed by atoms with Gasteiger partial charge in [-0.1, -0.05) is 99.7 Å². The lowest BCUT2D eigenvalue weighted by Gasteiger charge is -2.35. The number of hydroxylamine groups is 2. The molecular formula is C24H31NO. The van der Waals surface area contributed by atoms with Gasteiger partial charge in [0.2, 0.25) is 0 Å². The van der Waals surface area contributed by atoms with Crippen molar-refractivity contribution in [3.63, 3.8) is 0 Å². The molecule has 1 unspecified atom stereocenters. The average Bonchev–Trinajstić information content (AvgIpc) is 3.52. The van der Waals surface area contributed by atoms with Gasteiger partial charge in [-0.05, 0) is 30.4 Å². The molecule has 2 nitrogen and oxygen atoms in total. The van der Waals surface area contributed by atoms with E-state index in [4.69, 9.17) is 4.84 Å². The predicted molar refractivity (Wildman–Crippen MR) is 106 cm³/mol. The normalized spacial score (nSPS) is 23.7. The molecule has 2 aromatic rings. The highest BCUT2D eigenvalue weighted by molar-refractivity contribution is 5.39. The molecule has 138 valence electrons. The minimum absolute atomic E-state index is 0.166. The predicted octanol–water partition coefficient (Wildman–Crippen LogP) is 6.27. The second-order valence-electron chi connectivity index (χ2n) is 7.92. The molecule has 0 bridgehead atoms. The van der Waals surface area contributed by atoms with Gasteiger partial charge in [0.15, 0.2) is 6.23 Å². The summed E-state index contributed by atoms with van der Waals surface area (Å²) < 4.78 is 0. The Morgan fingerprint density at radius 2 is 1.46 bits per heavy atom. The summed E-state index contributed by atoms with van der Waals surface area (Å²) in [5.41, 5.74) is 2.55. The SMILES string of the molecule is CCCCC(c1ccccc1)(c1ccccc1)N1O[C@H]1C1CCCCC1. The van der Waals surface area contributed by atoms with Crippen molar-refractivity contribution in [2.24, 2.45) is 5.92 Å². The van der Waals surface area contributed by atoms with E-state index in [0.29, 0.717) is 5.92 Å². The molecule has 0 N–H and O–H groups in total. The van der Waals surface area contributed by atoms with Crippen molar-refractivity contribution in [1.82, 2.24) is 5.06 Å². The van der Waals surface area contributed by atoms with Crippen LogP contribution in [-0.2, 0) is 10.4 Å². The van der Waals surface area contributed by atoms with Gasteiger partial charge in [-0.25, -0.2) is 0 Å². The van der Waals surface area contributed by atoms with Gasteiger partial charge >= 0.3 is 0 Å². The van der Waals surface area contributed by atoms with Crippen molar-refractivity contribution in [2.75, 3.05) is 0 Å². The van der Waals surface area contributed by atoms with E-state index in [1.54, 1.807) is 0 Å². The first-order valence-electron chi connectivity index (χ1n) is 10.4. The highest BCUT2D eigenvalue weighted by Crippen LogP contribution is 2.51. The standard InChI is InChI=1S/C24H31NO/c1-2-3-19-24(21-15-9-5-10-16-21,22-17-11-6-12-18-22)25-23(26-25)20-13-7-4-8-14-20/h5-6,9-12,15-18,20,23H,2-4,7-8,13-14,19H2,1H3/t23-,25?/m0/s1. The fourth-order valence-corrected chi connectivity index (χ4v) is 4.77. The Bertz CT molecular complexity index is 638. The summed E-state index contributed by atoms with van der Waals surface area (Å²) in [7, 11) is 0. The zero-order valence-corrected chi connectivity index (χ0v) is 15.9. The van der Waals surface area contributed by atoms with Crippen molar-refractivity contribution in [1.29, 1.82) is 0 Å². The number of rotatable bonds is 7. The Hall–Kier alpha value is -1.64. The summed E-state index contributed by atoms with van der Waals surface area (Å²) in [4.78, 5) is 6.36. The summed E-state index contributed by atoms with van der Waals surface area (Å²) in [5.74, 6) is 0.692. The van der Waals surface area contributed by atoms with E-state index >= 15 is 0 Å². The molecule has 0 amide bonds. The minimum Gasteiger partial charge on any atom is -0.274 e. The number of benzene rings is 2. The zero-order chi connectivity index (χ0) is 17.8. The van der Waals surface area contributed by atoms with Gasteiger partial charge in [0, 0.05) is 5.92 Å². The van der Waals surface area contributed by atoms with Crippen LogP contribution in [0.15, 0.2) is 60.7 Å². The fourth-order valence-electron chi connectivity index (χ4n) is 4.77. The van der Waals surface area contributed by atoms with Crippen LogP contribution >= 0.6 is 0 Å². The summed E-state index contributed by atoms with van der Waals surface area (Å²) >= 11 is 0. The fraction of sp³-hybridized carbons (Fsp3) is 0.500. The molecule has 26 heavy (non-hydrogen) atoms. The van der Waals surface area contributed by atoms with Crippen LogP contribution in [0.3, 0.4) is 0 Å². The Morgan fingerprint density at radius 3 is 2.00 bits per heavy atom. The Morgan fingerprint density at radius 1 is 0.885 bits per heavy atom. The topological polar surface area (TPSA) is 15.5 Å². The molecule has 1 saturated heterocycles. The van der Waals surface area contributed by atoms with Gasteiger partial charge in [-0.15, -0.1) is 5.06 Å². The highest BCUT2D eigenvalue weighted by atomic mass is 16.8. The molecule has 1 aliphatic carbocycles. The Kier molecular flexibility index (Phi) is 5.42. The third-order valence-corrected chi connectivity index (χ3v) is 6.23. The zero-order valence-electron chi connectivity index (χ0n) is 15.9. The van der Waals surface area contributed by atoms with Crippen molar-refractivity contribution in [2.45, 2.75) is 70.1 Å². The lowest BCUT2D eigenvalue weighted by molar-refractivity contribution is 0.0794. The van der Waals surface area contributed by atoms with Gasteiger partial charge in [0.05, 0.1) is 5.54 Å². The molecule has 1 aliphatic heterocycles. The van der Waals surface area contributed by atoms with Gasteiger partial charge in [0.1, 0.15) is 0 Å². The second-order valence-corrected chi connectivity index (χ2v) is 7.92. The number of hydrogen-bond acceptors (Lipinski definition) is 2. The monoisotopic (exact) mass is 349 g/mol. The van der Waals surface area contributed by atoms with E-state index in [2.05, 4.69) is 72.7 Å². The van der Waals surface area contributed by atoms with Crippen LogP contribution in [0.4, 0.5) is 0 Å². The van der Waals surface area contributed by atoms with Crippen molar-refractivity contribution in [3.05, 3.63) is 71.8 Å². The van der Waals surface area contributed by atoms with E-state index in [0.717, 1.165) is 6.42 Å².